The second-order valence-corrected chi connectivity index (χ2v) is 13.7. The van der Waals surface area contributed by atoms with Crippen LogP contribution in [-0.4, -0.2) is 50.0 Å². The van der Waals surface area contributed by atoms with Crippen molar-refractivity contribution in [2.45, 2.75) is 57.2 Å². The summed E-state index contributed by atoms with van der Waals surface area (Å²) in [5.74, 6) is -0.853. The average molecular weight is 651 g/mol. The van der Waals surface area contributed by atoms with Gasteiger partial charge in [-0.05, 0) is 48.2 Å². The lowest BCUT2D eigenvalue weighted by Gasteiger charge is -2.35. The number of rotatable bonds is 11. The number of carbonyl (C=O) groups is 2. The fourth-order valence-electron chi connectivity index (χ4n) is 5.18. The van der Waals surface area contributed by atoms with E-state index < -0.39 is 28.5 Å². The van der Waals surface area contributed by atoms with Gasteiger partial charge in [0.1, 0.15) is 12.6 Å². The number of halogens is 3. The summed E-state index contributed by atoms with van der Waals surface area (Å²) in [6, 6.07) is 19.9. The third kappa shape index (κ3) is 8.63. The third-order valence-corrected chi connectivity index (χ3v) is 9.55. The zero-order chi connectivity index (χ0) is 30.3. The van der Waals surface area contributed by atoms with Crippen molar-refractivity contribution in [3.63, 3.8) is 0 Å². The van der Waals surface area contributed by atoms with Gasteiger partial charge in [0.15, 0.2) is 0 Å². The summed E-state index contributed by atoms with van der Waals surface area (Å²) >= 11 is 18.8. The van der Waals surface area contributed by atoms with E-state index in [-0.39, 0.29) is 35.6 Å². The molecule has 11 heteroatoms. The molecule has 224 valence electrons. The topological polar surface area (TPSA) is 86.8 Å². The van der Waals surface area contributed by atoms with Gasteiger partial charge in [-0.3, -0.25) is 13.9 Å². The largest absolute Gasteiger partial charge is 0.352 e. The molecule has 0 bridgehead atoms. The van der Waals surface area contributed by atoms with Crippen molar-refractivity contribution in [2.75, 3.05) is 17.1 Å². The Morgan fingerprint density at radius 3 is 2.17 bits per heavy atom. The van der Waals surface area contributed by atoms with Crippen LogP contribution in [0.3, 0.4) is 0 Å². The van der Waals surface area contributed by atoms with Gasteiger partial charge in [-0.1, -0.05) is 103 Å². The molecule has 1 unspecified atom stereocenters. The minimum absolute atomic E-state index is 0.00539. The van der Waals surface area contributed by atoms with Crippen molar-refractivity contribution in [3.05, 3.63) is 99.0 Å². The van der Waals surface area contributed by atoms with E-state index in [0.717, 1.165) is 48.2 Å². The van der Waals surface area contributed by atoms with Crippen LogP contribution in [0.15, 0.2) is 72.8 Å². The Balaban J connectivity index is 1.74. The molecule has 1 aliphatic rings. The number of hydrogen-bond donors (Lipinski definition) is 1. The van der Waals surface area contributed by atoms with Gasteiger partial charge in [-0.2, -0.15) is 0 Å². The average Bonchev–Trinajstić information content (AvgIpc) is 2.96. The summed E-state index contributed by atoms with van der Waals surface area (Å²) in [7, 11) is -3.92. The number of anilines is 1. The predicted molar refractivity (Wildman–Crippen MR) is 170 cm³/mol. The molecular formula is C31H34Cl3N3O4S. The first-order valence-corrected chi connectivity index (χ1v) is 16.8. The van der Waals surface area contributed by atoms with Crippen LogP contribution in [0.1, 0.15) is 43.2 Å². The quantitative estimate of drug-likeness (QED) is 0.257. The number of nitrogens with one attached hydrogen (secondary N) is 1. The molecule has 0 spiro atoms. The molecule has 2 amide bonds. The SMILES string of the molecule is CS(=O)(=O)N(CC(=O)N(Cc1ccc(Cl)c(Cl)c1)C(Cc1ccccc1)C(=O)NC1CCCCC1)c1ccccc1Cl. The van der Waals surface area contributed by atoms with Crippen LogP contribution in [0.25, 0.3) is 0 Å². The normalized spacial score (nSPS) is 14.7. The first-order valence-electron chi connectivity index (χ1n) is 13.8. The number of amides is 2. The molecule has 1 N–H and O–H groups in total. The van der Waals surface area contributed by atoms with Crippen LogP contribution in [-0.2, 0) is 32.6 Å². The Bertz CT molecular complexity index is 1500. The smallest absolute Gasteiger partial charge is 0.244 e. The number of sulfonamides is 1. The van der Waals surface area contributed by atoms with Gasteiger partial charge in [-0.25, -0.2) is 8.42 Å². The Morgan fingerprint density at radius 1 is 0.857 bits per heavy atom. The molecule has 0 radical (unpaired) electrons. The van der Waals surface area contributed by atoms with Crippen molar-refractivity contribution in [1.82, 2.24) is 10.2 Å². The minimum Gasteiger partial charge on any atom is -0.352 e. The lowest BCUT2D eigenvalue weighted by atomic mass is 9.94. The van der Waals surface area contributed by atoms with Crippen LogP contribution >= 0.6 is 34.8 Å². The van der Waals surface area contributed by atoms with Crippen molar-refractivity contribution in [3.8, 4) is 0 Å². The van der Waals surface area contributed by atoms with Gasteiger partial charge >= 0.3 is 0 Å². The van der Waals surface area contributed by atoms with E-state index in [9.17, 15) is 18.0 Å². The van der Waals surface area contributed by atoms with E-state index in [4.69, 9.17) is 34.8 Å². The van der Waals surface area contributed by atoms with Gasteiger partial charge in [0, 0.05) is 19.0 Å². The molecule has 1 fully saturated rings. The molecule has 0 aliphatic heterocycles. The van der Waals surface area contributed by atoms with E-state index in [2.05, 4.69) is 5.32 Å². The Labute approximate surface area is 262 Å². The fraction of sp³-hybridized carbons (Fsp3) is 0.355. The molecule has 3 aromatic rings. The number of benzene rings is 3. The summed E-state index contributed by atoms with van der Waals surface area (Å²) in [6.45, 7) is -0.544. The molecule has 1 atom stereocenters. The lowest BCUT2D eigenvalue weighted by molar-refractivity contribution is -0.140. The first kappa shape index (κ1) is 32.1. The summed E-state index contributed by atoms with van der Waals surface area (Å²) in [5.41, 5.74) is 1.68. The van der Waals surface area contributed by atoms with Gasteiger partial charge in [0.05, 0.1) is 27.0 Å². The number of hydrogen-bond acceptors (Lipinski definition) is 4. The van der Waals surface area contributed by atoms with Gasteiger partial charge in [0.25, 0.3) is 0 Å². The summed E-state index contributed by atoms with van der Waals surface area (Å²) in [6.07, 6.45) is 6.19. The lowest BCUT2D eigenvalue weighted by Crippen LogP contribution is -2.55. The standard InChI is InChI=1S/C31H34Cl3N3O4S/c1-42(40,41)37(28-15-9-8-14-26(28)33)21-30(38)36(20-23-16-17-25(32)27(34)18-23)29(19-22-10-4-2-5-11-22)31(39)35-24-12-6-3-7-13-24/h2,4-5,8-11,14-18,24,29H,3,6-7,12-13,19-21H2,1H3,(H,35,39). The first-order chi connectivity index (χ1) is 20.0. The monoisotopic (exact) mass is 649 g/mol. The molecule has 0 saturated heterocycles. The molecular weight excluding hydrogens is 617 g/mol. The highest BCUT2D eigenvalue weighted by Gasteiger charge is 2.34. The van der Waals surface area contributed by atoms with E-state index in [1.54, 1.807) is 36.4 Å². The van der Waals surface area contributed by atoms with Crippen LogP contribution < -0.4 is 9.62 Å². The zero-order valence-corrected chi connectivity index (χ0v) is 26.4. The summed E-state index contributed by atoms with van der Waals surface area (Å²) in [5, 5.41) is 4.02. The van der Waals surface area contributed by atoms with Crippen molar-refractivity contribution in [1.29, 1.82) is 0 Å². The fourth-order valence-corrected chi connectivity index (χ4v) is 6.65. The Morgan fingerprint density at radius 2 is 1.52 bits per heavy atom. The highest BCUT2D eigenvalue weighted by molar-refractivity contribution is 7.92. The number of para-hydroxylation sites is 1. The second-order valence-electron chi connectivity index (χ2n) is 10.5. The zero-order valence-electron chi connectivity index (χ0n) is 23.3. The number of carbonyl (C=O) groups excluding carboxylic acids is 2. The van der Waals surface area contributed by atoms with Gasteiger partial charge in [-0.15, -0.1) is 0 Å². The molecule has 7 nitrogen and oxygen atoms in total. The molecule has 0 aromatic heterocycles. The summed E-state index contributed by atoms with van der Waals surface area (Å²) in [4.78, 5) is 29.6. The second kappa shape index (κ2) is 14.6. The molecule has 1 saturated carbocycles. The highest BCUT2D eigenvalue weighted by Crippen LogP contribution is 2.29. The summed E-state index contributed by atoms with van der Waals surface area (Å²) < 4.78 is 26.8. The van der Waals surface area contributed by atoms with Crippen LogP contribution in [0.2, 0.25) is 15.1 Å². The molecule has 0 heterocycles. The maximum atomic E-state index is 14.2. The highest BCUT2D eigenvalue weighted by atomic mass is 35.5. The van der Waals surface area contributed by atoms with Crippen LogP contribution in [0.4, 0.5) is 5.69 Å². The third-order valence-electron chi connectivity index (χ3n) is 7.36. The minimum atomic E-state index is -3.92. The van der Waals surface area contributed by atoms with Crippen LogP contribution in [0, 0.1) is 0 Å². The van der Waals surface area contributed by atoms with E-state index >= 15 is 0 Å². The number of nitrogens with zero attached hydrogens (tertiary/aromatic N) is 2. The molecule has 3 aromatic carbocycles. The van der Waals surface area contributed by atoms with E-state index in [1.165, 1.54) is 11.0 Å². The van der Waals surface area contributed by atoms with Crippen molar-refractivity contribution < 1.29 is 18.0 Å². The Kier molecular flexibility index (Phi) is 11.2. The van der Waals surface area contributed by atoms with Crippen molar-refractivity contribution >= 4 is 62.3 Å². The van der Waals surface area contributed by atoms with Gasteiger partial charge < -0.3 is 10.2 Å². The maximum Gasteiger partial charge on any atom is 0.244 e. The van der Waals surface area contributed by atoms with Gasteiger partial charge in [0.2, 0.25) is 21.8 Å². The molecule has 4 rings (SSSR count). The molecule has 1 aliphatic carbocycles. The Hall–Kier alpha value is -2.78. The molecule has 42 heavy (non-hydrogen) atoms. The predicted octanol–water partition coefficient (Wildman–Crippen LogP) is 6.50. The van der Waals surface area contributed by atoms with Crippen LogP contribution in [0.5, 0.6) is 0 Å². The van der Waals surface area contributed by atoms with E-state index in [0.29, 0.717) is 15.6 Å². The van der Waals surface area contributed by atoms with Crippen molar-refractivity contribution in [2.24, 2.45) is 0 Å². The maximum absolute atomic E-state index is 14.2. The van der Waals surface area contributed by atoms with E-state index in [1.807, 2.05) is 30.3 Å².